The van der Waals surface area contributed by atoms with E-state index in [-0.39, 0.29) is 6.61 Å². The van der Waals surface area contributed by atoms with Gasteiger partial charge in [-0.25, -0.2) is 0 Å². The summed E-state index contributed by atoms with van der Waals surface area (Å²) >= 11 is 12.0. The van der Waals surface area contributed by atoms with Crippen LogP contribution in [-0.4, -0.2) is 23.6 Å². The zero-order valence-corrected chi connectivity index (χ0v) is 14.9. The van der Waals surface area contributed by atoms with Gasteiger partial charge in [0, 0.05) is 16.7 Å². The van der Waals surface area contributed by atoms with Gasteiger partial charge in [0.15, 0.2) is 11.9 Å². The predicted molar refractivity (Wildman–Crippen MR) is 95.4 cm³/mol. The first kappa shape index (κ1) is 19.5. The van der Waals surface area contributed by atoms with Crippen molar-refractivity contribution in [1.29, 1.82) is 0 Å². The number of aliphatic hydroxyl groups is 1. The quantitative estimate of drug-likeness (QED) is 0.784. The van der Waals surface area contributed by atoms with Crippen LogP contribution < -0.4 is 4.74 Å². The summed E-state index contributed by atoms with van der Waals surface area (Å²) in [5.74, 6) is 0.638. The monoisotopic (exact) mass is 354 g/mol. The third kappa shape index (κ3) is 6.61. The van der Waals surface area contributed by atoms with Crippen molar-refractivity contribution in [3.05, 3.63) is 52.5 Å². The molecular weight excluding hydrogens is 335 g/mol. The van der Waals surface area contributed by atoms with E-state index in [2.05, 4.69) is 0 Å². The molecule has 0 aliphatic carbocycles. The number of carbonyl (C=O) groups is 1. The lowest BCUT2D eigenvalue weighted by molar-refractivity contribution is -0.118. The summed E-state index contributed by atoms with van der Waals surface area (Å²) in [6, 6.07) is 12.8. The van der Waals surface area contributed by atoms with Crippen molar-refractivity contribution < 1.29 is 14.6 Å². The number of aldehydes is 1. The van der Waals surface area contributed by atoms with Crippen LogP contribution in [0.2, 0.25) is 10.0 Å². The zero-order chi connectivity index (χ0) is 17.5. The van der Waals surface area contributed by atoms with E-state index >= 15 is 0 Å². The lowest BCUT2D eigenvalue weighted by atomic mass is 10.1. The van der Waals surface area contributed by atoms with E-state index in [1.54, 1.807) is 26.8 Å². The van der Waals surface area contributed by atoms with Gasteiger partial charge in [0.05, 0.1) is 0 Å². The van der Waals surface area contributed by atoms with Crippen molar-refractivity contribution in [2.75, 3.05) is 6.61 Å². The molecule has 2 aromatic carbocycles. The number of carbonyl (C=O) groups excluding carboxylic acids is 1. The molecule has 0 unspecified atom stereocenters. The van der Waals surface area contributed by atoms with Crippen LogP contribution in [0.25, 0.3) is 11.1 Å². The van der Waals surface area contributed by atoms with Gasteiger partial charge in [-0.15, -0.1) is 0 Å². The molecule has 0 spiro atoms. The van der Waals surface area contributed by atoms with Crippen molar-refractivity contribution in [2.45, 2.75) is 26.4 Å². The molecule has 0 fully saturated rings. The molecule has 0 amide bonds. The Labute approximate surface area is 146 Å². The molecule has 0 aliphatic heterocycles. The van der Waals surface area contributed by atoms with Gasteiger partial charge in [-0.05, 0) is 62.2 Å². The average Bonchev–Trinajstić information content (AvgIpc) is 2.47. The second-order valence-corrected chi connectivity index (χ2v) is 6.19. The van der Waals surface area contributed by atoms with Gasteiger partial charge < -0.3 is 9.84 Å². The fourth-order valence-corrected chi connectivity index (χ4v) is 2.29. The van der Waals surface area contributed by atoms with Crippen LogP contribution in [0.3, 0.4) is 0 Å². The van der Waals surface area contributed by atoms with Crippen molar-refractivity contribution in [3.8, 4) is 16.9 Å². The van der Waals surface area contributed by atoms with E-state index in [1.807, 2.05) is 36.4 Å². The minimum atomic E-state index is -0.832. The Morgan fingerprint density at radius 1 is 1.04 bits per heavy atom. The summed E-state index contributed by atoms with van der Waals surface area (Å²) in [6.07, 6.45) is 0.775. The summed E-state index contributed by atoms with van der Waals surface area (Å²) in [5.41, 5.74) is 1.08. The second kappa shape index (κ2) is 8.92. The van der Waals surface area contributed by atoms with Crippen LogP contribution >= 0.6 is 23.2 Å². The smallest absolute Gasteiger partial charge is 0.162 e. The van der Waals surface area contributed by atoms with Crippen LogP contribution in [0.1, 0.15) is 20.8 Å². The van der Waals surface area contributed by atoms with E-state index in [9.17, 15) is 4.79 Å². The Kier molecular flexibility index (Phi) is 7.56. The highest BCUT2D eigenvalue weighted by atomic mass is 35.5. The molecule has 2 rings (SSSR count). The second-order valence-electron chi connectivity index (χ2n) is 5.32. The van der Waals surface area contributed by atoms with Crippen LogP contribution in [0.15, 0.2) is 42.5 Å². The van der Waals surface area contributed by atoms with Gasteiger partial charge in [0.2, 0.25) is 0 Å². The summed E-state index contributed by atoms with van der Waals surface area (Å²) < 4.78 is 5.57. The van der Waals surface area contributed by atoms with Crippen LogP contribution in [0.5, 0.6) is 5.75 Å². The minimum Gasteiger partial charge on any atom is -0.480 e. The van der Waals surface area contributed by atoms with Crippen molar-refractivity contribution >= 4 is 29.5 Å². The zero-order valence-electron chi connectivity index (χ0n) is 13.3. The molecule has 0 aromatic heterocycles. The number of aliphatic hydroxyl groups excluding tert-OH is 1. The van der Waals surface area contributed by atoms with Gasteiger partial charge in [-0.3, -0.25) is 4.79 Å². The molecule has 23 heavy (non-hydrogen) atoms. The van der Waals surface area contributed by atoms with Gasteiger partial charge in [0.1, 0.15) is 5.75 Å². The summed E-state index contributed by atoms with van der Waals surface area (Å²) in [5, 5.41) is 8.75. The van der Waals surface area contributed by atoms with Crippen LogP contribution in [-0.2, 0) is 4.79 Å². The maximum atomic E-state index is 10.8. The predicted octanol–water partition coefficient (Wildman–Crippen LogP) is 5.02. The van der Waals surface area contributed by atoms with Gasteiger partial charge in [-0.1, -0.05) is 35.3 Å². The fourth-order valence-electron chi connectivity index (χ4n) is 1.76. The topological polar surface area (TPSA) is 46.5 Å². The highest BCUT2D eigenvalue weighted by Crippen LogP contribution is 2.29. The molecule has 0 atom stereocenters. The minimum absolute atomic E-state index is 0.250. The largest absolute Gasteiger partial charge is 0.480 e. The maximum absolute atomic E-state index is 10.8. The molecule has 0 bridgehead atoms. The molecule has 0 radical (unpaired) electrons. The van der Waals surface area contributed by atoms with Crippen molar-refractivity contribution in [3.63, 3.8) is 0 Å². The van der Waals surface area contributed by atoms with E-state index < -0.39 is 5.60 Å². The molecule has 0 saturated heterocycles. The number of rotatable bonds is 4. The molecule has 124 valence electrons. The SMILES string of the molecule is CC(C)(C=O)Oc1ccc(-c2cc(Cl)cc(Cl)c2)cc1.CCO. The van der Waals surface area contributed by atoms with E-state index in [0.29, 0.717) is 15.8 Å². The summed E-state index contributed by atoms with van der Waals surface area (Å²) in [7, 11) is 0. The van der Waals surface area contributed by atoms with E-state index in [1.165, 1.54) is 0 Å². The lowest BCUT2D eigenvalue weighted by Crippen LogP contribution is -2.29. The molecular formula is C18H20Cl2O3. The molecule has 0 heterocycles. The van der Waals surface area contributed by atoms with Crippen LogP contribution in [0.4, 0.5) is 0 Å². The first-order chi connectivity index (χ1) is 10.8. The number of halogens is 2. The lowest BCUT2D eigenvalue weighted by Gasteiger charge is -2.19. The van der Waals surface area contributed by atoms with Crippen LogP contribution in [0, 0.1) is 0 Å². The highest BCUT2D eigenvalue weighted by molar-refractivity contribution is 6.35. The first-order valence-corrected chi connectivity index (χ1v) is 7.89. The standard InChI is InChI=1S/C16H14Cl2O2.C2H6O/c1-16(2,10-19)20-15-5-3-11(4-6-15)12-7-13(17)9-14(18)8-12;1-2-3/h3-10H,1-2H3;3H,2H2,1H3. The molecule has 0 saturated carbocycles. The average molecular weight is 355 g/mol. The van der Waals surface area contributed by atoms with Crippen molar-refractivity contribution in [2.24, 2.45) is 0 Å². The van der Waals surface area contributed by atoms with E-state index in [4.69, 9.17) is 33.0 Å². The third-order valence-electron chi connectivity index (χ3n) is 2.71. The number of hydrogen-bond acceptors (Lipinski definition) is 3. The van der Waals surface area contributed by atoms with Gasteiger partial charge >= 0.3 is 0 Å². The summed E-state index contributed by atoms with van der Waals surface area (Å²) in [4.78, 5) is 10.8. The Balaban J connectivity index is 0.000000816. The number of ether oxygens (including phenoxy) is 1. The number of hydrogen-bond donors (Lipinski definition) is 1. The molecule has 3 nitrogen and oxygen atoms in total. The Morgan fingerprint density at radius 3 is 1.96 bits per heavy atom. The molecule has 5 heteroatoms. The molecule has 1 N–H and O–H groups in total. The Morgan fingerprint density at radius 2 is 1.52 bits per heavy atom. The first-order valence-electron chi connectivity index (χ1n) is 7.14. The Bertz CT molecular complexity index is 617. The fraction of sp³-hybridized carbons (Fsp3) is 0.278. The van der Waals surface area contributed by atoms with Crippen molar-refractivity contribution in [1.82, 2.24) is 0 Å². The van der Waals surface area contributed by atoms with Gasteiger partial charge in [0.25, 0.3) is 0 Å². The van der Waals surface area contributed by atoms with E-state index in [0.717, 1.165) is 17.4 Å². The third-order valence-corrected chi connectivity index (χ3v) is 3.15. The molecule has 2 aromatic rings. The summed E-state index contributed by atoms with van der Waals surface area (Å²) in [6.45, 7) is 5.36. The Hall–Kier alpha value is -1.55. The normalized spacial score (nSPS) is 10.5. The maximum Gasteiger partial charge on any atom is 0.162 e. The van der Waals surface area contributed by atoms with Gasteiger partial charge in [-0.2, -0.15) is 0 Å². The molecule has 0 aliphatic rings. The highest BCUT2D eigenvalue weighted by Gasteiger charge is 2.18. The number of benzene rings is 2.